The molecular formula is C15H21N3O2S. The average Bonchev–Trinajstić information content (AvgIpc) is 2.96. The number of carbonyl (C=O) groups excluding carboxylic acids is 1. The Kier molecular flexibility index (Phi) is 5.74. The van der Waals surface area contributed by atoms with E-state index in [-0.39, 0.29) is 12.5 Å². The number of aliphatic hydroxyl groups is 1. The second-order valence-electron chi connectivity index (χ2n) is 5.62. The summed E-state index contributed by atoms with van der Waals surface area (Å²) in [4.78, 5) is 14.6. The summed E-state index contributed by atoms with van der Waals surface area (Å²) in [6, 6.07) is 3.62. The Labute approximate surface area is 129 Å². The summed E-state index contributed by atoms with van der Waals surface area (Å²) in [7, 11) is 0. The van der Waals surface area contributed by atoms with E-state index in [2.05, 4.69) is 17.1 Å². The molecule has 0 aromatic carbocycles. The van der Waals surface area contributed by atoms with Crippen LogP contribution < -0.4 is 5.32 Å². The molecule has 1 saturated heterocycles. The van der Waals surface area contributed by atoms with Gasteiger partial charge in [-0.3, -0.25) is 4.79 Å². The van der Waals surface area contributed by atoms with Crippen LogP contribution >= 0.6 is 11.3 Å². The standard InChI is InChI=1S/C15H21N3O2S/c1-11-2-5-18(6-3-11)10-13(19)9-17-15(20)14-12(8-16)4-7-21-14/h4,7,11,13,19H,2-3,5-6,9-10H2,1H3,(H,17,20). The topological polar surface area (TPSA) is 76.4 Å². The SMILES string of the molecule is CC1CCN(CC(O)CNC(=O)c2sccc2C#N)CC1. The number of β-amino-alcohol motifs (C(OH)–C–C–N with tert-alkyl or cyclic N) is 1. The summed E-state index contributed by atoms with van der Waals surface area (Å²) < 4.78 is 0. The molecule has 0 radical (unpaired) electrons. The molecule has 1 aliphatic heterocycles. The maximum absolute atomic E-state index is 11.9. The summed E-state index contributed by atoms with van der Waals surface area (Å²) in [6.07, 6.45) is 1.76. The molecule has 1 atom stereocenters. The molecule has 114 valence electrons. The molecule has 0 spiro atoms. The van der Waals surface area contributed by atoms with Crippen molar-refractivity contribution in [1.82, 2.24) is 10.2 Å². The number of piperidine rings is 1. The fourth-order valence-corrected chi connectivity index (χ4v) is 3.23. The molecule has 2 rings (SSSR count). The molecule has 0 saturated carbocycles. The zero-order valence-corrected chi connectivity index (χ0v) is 13.0. The number of rotatable bonds is 5. The Balaban J connectivity index is 1.75. The van der Waals surface area contributed by atoms with Gasteiger partial charge in [-0.15, -0.1) is 11.3 Å². The quantitative estimate of drug-likeness (QED) is 0.863. The monoisotopic (exact) mass is 307 g/mol. The van der Waals surface area contributed by atoms with Gasteiger partial charge < -0.3 is 15.3 Å². The minimum absolute atomic E-state index is 0.216. The van der Waals surface area contributed by atoms with Crippen molar-refractivity contribution < 1.29 is 9.90 Å². The van der Waals surface area contributed by atoms with Gasteiger partial charge >= 0.3 is 0 Å². The number of hydrogen-bond donors (Lipinski definition) is 2. The molecule has 21 heavy (non-hydrogen) atoms. The fraction of sp³-hybridized carbons (Fsp3) is 0.600. The van der Waals surface area contributed by atoms with Crippen molar-refractivity contribution in [3.8, 4) is 6.07 Å². The molecule has 2 heterocycles. The normalized spacial score (nSPS) is 18.1. The van der Waals surface area contributed by atoms with E-state index in [1.165, 1.54) is 24.2 Å². The van der Waals surface area contributed by atoms with Gasteiger partial charge in [0.25, 0.3) is 5.91 Å². The molecule has 5 nitrogen and oxygen atoms in total. The highest BCUT2D eigenvalue weighted by Crippen LogP contribution is 2.16. The van der Waals surface area contributed by atoms with Gasteiger partial charge in [0, 0.05) is 13.1 Å². The van der Waals surface area contributed by atoms with E-state index < -0.39 is 6.10 Å². The largest absolute Gasteiger partial charge is 0.390 e. The second kappa shape index (κ2) is 7.55. The van der Waals surface area contributed by atoms with E-state index in [9.17, 15) is 9.90 Å². The van der Waals surface area contributed by atoms with E-state index in [0.717, 1.165) is 19.0 Å². The number of nitrogens with one attached hydrogen (secondary N) is 1. The fourth-order valence-electron chi connectivity index (χ4n) is 2.47. The number of nitriles is 1. The van der Waals surface area contributed by atoms with Gasteiger partial charge in [-0.1, -0.05) is 6.92 Å². The smallest absolute Gasteiger partial charge is 0.262 e. The van der Waals surface area contributed by atoms with Crippen LogP contribution in [-0.4, -0.2) is 48.2 Å². The van der Waals surface area contributed by atoms with Gasteiger partial charge in [-0.05, 0) is 43.3 Å². The third kappa shape index (κ3) is 4.53. The molecule has 1 unspecified atom stereocenters. The molecule has 1 aromatic heterocycles. The number of nitrogens with zero attached hydrogens (tertiary/aromatic N) is 2. The maximum atomic E-state index is 11.9. The number of likely N-dealkylation sites (tertiary alicyclic amines) is 1. The predicted octanol–water partition coefficient (Wildman–Crippen LogP) is 1.44. The molecule has 0 aliphatic carbocycles. The van der Waals surface area contributed by atoms with Gasteiger partial charge in [0.15, 0.2) is 0 Å². The maximum Gasteiger partial charge on any atom is 0.262 e. The molecule has 6 heteroatoms. The average molecular weight is 307 g/mol. The van der Waals surface area contributed by atoms with Crippen LogP contribution in [0.1, 0.15) is 35.0 Å². The summed E-state index contributed by atoms with van der Waals surface area (Å²) in [6.45, 7) is 5.07. The number of thiophene rings is 1. The first-order valence-electron chi connectivity index (χ1n) is 7.26. The molecule has 1 fully saturated rings. The Hall–Kier alpha value is -1.42. The number of aliphatic hydroxyl groups excluding tert-OH is 1. The van der Waals surface area contributed by atoms with Gasteiger partial charge in [0.05, 0.1) is 11.7 Å². The summed E-state index contributed by atoms with van der Waals surface area (Å²) in [5.41, 5.74) is 0.386. The minimum atomic E-state index is -0.576. The van der Waals surface area contributed by atoms with Gasteiger partial charge in [-0.25, -0.2) is 0 Å². The minimum Gasteiger partial charge on any atom is -0.390 e. The van der Waals surface area contributed by atoms with Crippen molar-refractivity contribution in [2.24, 2.45) is 5.92 Å². The molecule has 0 bridgehead atoms. The van der Waals surface area contributed by atoms with E-state index >= 15 is 0 Å². The van der Waals surface area contributed by atoms with Crippen LogP contribution in [0.3, 0.4) is 0 Å². The van der Waals surface area contributed by atoms with Crippen molar-refractivity contribution in [3.05, 3.63) is 21.9 Å². The molecule has 1 amide bonds. The van der Waals surface area contributed by atoms with Crippen LogP contribution in [-0.2, 0) is 0 Å². The van der Waals surface area contributed by atoms with Crippen molar-refractivity contribution in [2.75, 3.05) is 26.2 Å². The van der Waals surface area contributed by atoms with Crippen LogP contribution in [0.4, 0.5) is 0 Å². The lowest BCUT2D eigenvalue weighted by Gasteiger charge is -2.31. The number of hydrogen-bond acceptors (Lipinski definition) is 5. The first-order valence-corrected chi connectivity index (χ1v) is 8.14. The Morgan fingerprint density at radius 3 is 3.00 bits per heavy atom. The summed E-state index contributed by atoms with van der Waals surface area (Å²) in [5, 5.41) is 23.3. The lowest BCUT2D eigenvalue weighted by atomic mass is 9.99. The number of carbonyl (C=O) groups is 1. The van der Waals surface area contributed by atoms with Crippen LogP contribution in [0.15, 0.2) is 11.4 Å². The Bertz CT molecular complexity index is 515. The van der Waals surface area contributed by atoms with Crippen LogP contribution in [0.2, 0.25) is 0 Å². The van der Waals surface area contributed by atoms with E-state index in [0.29, 0.717) is 17.0 Å². The highest BCUT2D eigenvalue weighted by Gasteiger charge is 2.19. The lowest BCUT2D eigenvalue weighted by molar-refractivity contribution is 0.0797. The first kappa shape index (κ1) is 16.0. The van der Waals surface area contributed by atoms with Crippen molar-refractivity contribution in [1.29, 1.82) is 5.26 Å². The van der Waals surface area contributed by atoms with E-state index in [1.54, 1.807) is 11.4 Å². The highest BCUT2D eigenvalue weighted by atomic mass is 32.1. The van der Waals surface area contributed by atoms with E-state index in [4.69, 9.17) is 5.26 Å². The highest BCUT2D eigenvalue weighted by molar-refractivity contribution is 7.12. The van der Waals surface area contributed by atoms with Crippen LogP contribution in [0.25, 0.3) is 0 Å². The molecule has 1 aliphatic rings. The Morgan fingerprint density at radius 2 is 2.33 bits per heavy atom. The van der Waals surface area contributed by atoms with Gasteiger partial charge in [0.1, 0.15) is 10.9 Å². The number of amides is 1. The molecule has 1 aromatic rings. The summed E-state index contributed by atoms with van der Waals surface area (Å²) >= 11 is 1.24. The lowest BCUT2D eigenvalue weighted by Crippen LogP contribution is -2.43. The van der Waals surface area contributed by atoms with Crippen LogP contribution in [0, 0.1) is 17.2 Å². The second-order valence-corrected chi connectivity index (χ2v) is 6.54. The van der Waals surface area contributed by atoms with Crippen LogP contribution in [0.5, 0.6) is 0 Å². The summed E-state index contributed by atoms with van der Waals surface area (Å²) in [5.74, 6) is 0.481. The van der Waals surface area contributed by atoms with Gasteiger partial charge in [-0.2, -0.15) is 5.26 Å². The molecular weight excluding hydrogens is 286 g/mol. The van der Waals surface area contributed by atoms with Crippen molar-refractivity contribution >= 4 is 17.2 Å². The zero-order chi connectivity index (χ0) is 15.2. The molecule has 2 N–H and O–H groups in total. The Morgan fingerprint density at radius 1 is 1.62 bits per heavy atom. The first-order chi connectivity index (χ1) is 10.1. The van der Waals surface area contributed by atoms with E-state index in [1.807, 2.05) is 6.07 Å². The van der Waals surface area contributed by atoms with Gasteiger partial charge in [0.2, 0.25) is 0 Å². The third-order valence-corrected chi connectivity index (χ3v) is 4.75. The third-order valence-electron chi connectivity index (χ3n) is 3.84. The predicted molar refractivity (Wildman–Crippen MR) is 82.2 cm³/mol. The zero-order valence-electron chi connectivity index (χ0n) is 12.2. The van der Waals surface area contributed by atoms with Crippen molar-refractivity contribution in [3.63, 3.8) is 0 Å². The van der Waals surface area contributed by atoms with Crippen molar-refractivity contribution in [2.45, 2.75) is 25.9 Å².